The fourth-order valence-electron chi connectivity index (χ4n) is 1.40. The second kappa shape index (κ2) is 7.21. The second-order valence-corrected chi connectivity index (χ2v) is 8.70. The molecule has 0 aliphatic carbocycles. The highest BCUT2D eigenvalue weighted by atomic mass is 79.9. The number of rotatable bonds is 7. The van der Waals surface area contributed by atoms with Crippen LogP contribution in [0.25, 0.3) is 0 Å². The van der Waals surface area contributed by atoms with Crippen LogP contribution in [0.3, 0.4) is 0 Å². The Kier molecular flexibility index (Phi) is 6.57. The minimum atomic E-state index is -3.40. The van der Waals surface area contributed by atoms with Crippen molar-refractivity contribution < 1.29 is 8.42 Å². The third-order valence-electron chi connectivity index (χ3n) is 2.42. The standard InChI is InChI=1S/C10H16BrClN2O2S2/c1-13(5-3-4-12)18(15,16)14(2)7-9-6-10(11)17-8-9/h6,8H,3-5,7H2,1-2H3. The molecule has 0 spiro atoms. The lowest BCUT2D eigenvalue weighted by atomic mass is 10.3. The Hall–Kier alpha value is 0.340. The Morgan fingerprint density at radius 2 is 2.06 bits per heavy atom. The molecule has 0 fully saturated rings. The molecule has 0 saturated carbocycles. The molecule has 0 unspecified atom stereocenters. The zero-order chi connectivity index (χ0) is 13.8. The third-order valence-corrected chi connectivity index (χ3v) is 6.13. The van der Waals surface area contributed by atoms with Crippen molar-refractivity contribution in [3.8, 4) is 0 Å². The summed E-state index contributed by atoms with van der Waals surface area (Å²) in [4.78, 5) is 0. The summed E-state index contributed by atoms with van der Waals surface area (Å²) in [6, 6.07) is 1.93. The lowest BCUT2D eigenvalue weighted by Gasteiger charge is -2.23. The van der Waals surface area contributed by atoms with Gasteiger partial charge in [0.15, 0.2) is 0 Å². The van der Waals surface area contributed by atoms with Crippen molar-refractivity contribution in [3.05, 3.63) is 20.8 Å². The van der Waals surface area contributed by atoms with Crippen LogP contribution in [0.2, 0.25) is 0 Å². The van der Waals surface area contributed by atoms with Crippen molar-refractivity contribution in [2.24, 2.45) is 0 Å². The van der Waals surface area contributed by atoms with Crippen molar-refractivity contribution in [1.82, 2.24) is 8.61 Å². The third kappa shape index (κ3) is 4.47. The molecule has 0 atom stereocenters. The van der Waals surface area contributed by atoms with Gasteiger partial charge in [-0.05, 0) is 39.4 Å². The van der Waals surface area contributed by atoms with Gasteiger partial charge in [0.05, 0.1) is 3.79 Å². The summed E-state index contributed by atoms with van der Waals surface area (Å²) in [6.45, 7) is 0.805. The minimum absolute atomic E-state index is 0.371. The van der Waals surface area contributed by atoms with E-state index < -0.39 is 10.2 Å². The van der Waals surface area contributed by atoms with Crippen molar-refractivity contribution in [3.63, 3.8) is 0 Å². The molecule has 0 bridgehead atoms. The molecule has 0 aromatic carbocycles. The maximum Gasteiger partial charge on any atom is 0.281 e. The van der Waals surface area contributed by atoms with Crippen LogP contribution in [0.5, 0.6) is 0 Å². The van der Waals surface area contributed by atoms with Gasteiger partial charge in [-0.1, -0.05) is 0 Å². The van der Waals surface area contributed by atoms with Crippen molar-refractivity contribution >= 4 is 49.1 Å². The first kappa shape index (κ1) is 16.4. The zero-order valence-electron chi connectivity index (χ0n) is 10.3. The van der Waals surface area contributed by atoms with E-state index in [9.17, 15) is 8.42 Å². The number of hydrogen-bond acceptors (Lipinski definition) is 3. The Morgan fingerprint density at radius 1 is 1.39 bits per heavy atom. The van der Waals surface area contributed by atoms with Crippen LogP contribution in [0.4, 0.5) is 0 Å². The predicted octanol–water partition coefficient (Wildman–Crippen LogP) is 2.75. The van der Waals surface area contributed by atoms with E-state index in [-0.39, 0.29) is 0 Å². The minimum Gasteiger partial charge on any atom is -0.195 e. The van der Waals surface area contributed by atoms with Gasteiger partial charge >= 0.3 is 0 Å². The van der Waals surface area contributed by atoms with Crippen molar-refractivity contribution in [2.75, 3.05) is 26.5 Å². The maximum absolute atomic E-state index is 12.1. The number of halogens is 2. The molecule has 1 aromatic heterocycles. The Labute approximate surface area is 126 Å². The number of hydrogen-bond donors (Lipinski definition) is 0. The van der Waals surface area contributed by atoms with Gasteiger partial charge in [0, 0.05) is 33.1 Å². The first-order chi connectivity index (χ1) is 8.37. The molecule has 0 aliphatic rings. The quantitative estimate of drug-likeness (QED) is 0.688. The molecule has 4 nitrogen and oxygen atoms in total. The molecule has 0 amide bonds. The Morgan fingerprint density at radius 3 is 2.56 bits per heavy atom. The Bertz CT molecular complexity index is 478. The van der Waals surface area contributed by atoms with E-state index in [0.717, 1.165) is 9.35 Å². The Balaban J connectivity index is 2.66. The van der Waals surface area contributed by atoms with Gasteiger partial charge in [-0.2, -0.15) is 17.0 Å². The smallest absolute Gasteiger partial charge is 0.195 e. The summed E-state index contributed by atoms with van der Waals surface area (Å²) in [5, 5.41) is 1.94. The highest BCUT2D eigenvalue weighted by Gasteiger charge is 2.23. The molecule has 104 valence electrons. The van der Waals surface area contributed by atoms with Gasteiger partial charge in [0.2, 0.25) is 0 Å². The molecule has 0 aliphatic heterocycles. The van der Waals surface area contributed by atoms with Gasteiger partial charge in [-0.3, -0.25) is 0 Å². The number of alkyl halides is 1. The van der Waals surface area contributed by atoms with E-state index in [1.54, 1.807) is 25.4 Å². The highest BCUT2D eigenvalue weighted by Crippen LogP contribution is 2.22. The van der Waals surface area contributed by atoms with E-state index in [0.29, 0.717) is 25.4 Å². The van der Waals surface area contributed by atoms with Crippen molar-refractivity contribution in [1.29, 1.82) is 0 Å². The molecule has 1 heterocycles. The second-order valence-electron chi connectivity index (χ2n) is 3.89. The number of thiophene rings is 1. The largest absolute Gasteiger partial charge is 0.281 e. The zero-order valence-corrected chi connectivity index (χ0v) is 14.2. The summed E-state index contributed by atoms with van der Waals surface area (Å²) in [7, 11) is -0.250. The maximum atomic E-state index is 12.1. The summed E-state index contributed by atoms with van der Waals surface area (Å²) in [5.74, 6) is 0.459. The molecule has 18 heavy (non-hydrogen) atoms. The summed E-state index contributed by atoms with van der Waals surface area (Å²) in [5.41, 5.74) is 0.976. The van der Waals surface area contributed by atoms with Crippen LogP contribution in [0.1, 0.15) is 12.0 Å². The van der Waals surface area contributed by atoms with Crippen LogP contribution in [0, 0.1) is 0 Å². The predicted molar refractivity (Wildman–Crippen MR) is 80.4 cm³/mol. The van der Waals surface area contributed by atoms with E-state index in [1.165, 1.54) is 8.61 Å². The van der Waals surface area contributed by atoms with E-state index in [2.05, 4.69) is 15.9 Å². The molecule has 0 saturated heterocycles. The lowest BCUT2D eigenvalue weighted by molar-refractivity contribution is 0.389. The summed E-state index contributed by atoms with van der Waals surface area (Å²) < 4.78 is 28.0. The molecular formula is C10H16BrClN2O2S2. The SMILES string of the molecule is CN(CCCCl)S(=O)(=O)N(C)Cc1csc(Br)c1. The normalized spacial score (nSPS) is 12.6. The van der Waals surface area contributed by atoms with Crippen LogP contribution in [-0.2, 0) is 16.8 Å². The van der Waals surface area contributed by atoms with Gasteiger partial charge < -0.3 is 0 Å². The van der Waals surface area contributed by atoms with Crippen LogP contribution in [0.15, 0.2) is 15.2 Å². The molecule has 8 heteroatoms. The van der Waals surface area contributed by atoms with Gasteiger partial charge in [0.1, 0.15) is 0 Å². The highest BCUT2D eigenvalue weighted by molar-refractivity contribution is 9.11. The molecule has 0 radical (unpaired) electrons. The molecule has 1 aromatic rings. The van der Waals surface area contributed by atoms with E-state index >= 15 is 0 Å². The van der Waals surface area contributed by atoms with E-state index in [4.69, 9.17) is 11.6 Å². The summed E-state index contributed by atoms with van der Waals surface area (Å²) in [6.07, 6.45) is 0.648. The fourth-order valence-corrected chi connectivity index (χ4v) is 3.87. The van der Waals surface area contributed by atoms with Gasteiger partial charge in [0.25, 0.3) is 10.2 Å². The van der Waals surface area contributed by atoms with Crippen molar-refractivity contribution in [2.45, 2.75) is 13.0 Å². The fraction of sp³-hybridized carbons (Fsp3) is 0.600. The number of nitrogens with zero attached hydrogens (tertiary/aromatic N) is 2. The van der Waals surface area contributed by atoms with Crippen LogP contribution in [-0.4, -0.2) is 43.5 Å². The summed E-state index contributed by atoms with van der Waals surface area (Å²) >= 11 is 10.5. The topological polar surface area (TPSA) is 40.6 Å². The molecule has 1 rings (SSSR count). The monoisotopic (exact) mass is 374 g/mol. The molecular weight excluding hydrogens is 360 g/mol. The molecule has 0 N–H and O–H groups in total. The first-order valence-electron chi connectivity index (χ1n) is 5.34. The lowest BCUT2D eigenvalue weighted by Crippen LogP contribution is -2.39. The average Bonchev–Trinajstić information content (AvgIpc) is 2.71. The van der Waals surface area contributed by atoms with E-state index in [1.807, 2.05) is 11.4 Å². The first-order valence-corrected chi connectivity index (χ1v) is 8.95. The van der Waals surface area contributed by atoms with Crippen LogP contribution >= 0.6 is 38.9 Å². The van der Waals surface area contributed by atoms with Crippen LogP contribution < -0.4 is 0 Å². The average molecular weight is 376 g/mol. The van der Waals surface area contributed by atoms with Gasteiger partial charge in [-0.15, -0.1) is 22.9 Å². The van der Waals surface area contributed by atoms with Gasteiger partial charge in [-0.25, -0.2) is 0 Å².